The number of hydrogen-bond acceptors (Lipinski definition) is 8. The molecule has 1 fully saturated rings. The van der Waals surface area contributed by atoms with E-state index in [-0.39, 0.29) is 31.8 Å². The Kier molecular flexibility index (Phi) is 10.4. The maximum Gasteiger partial charge on any atom is 0.363 e. The van der Waals surface area contributed by atoms with Crippen LogP contribution in [0.1, 0.15) is 33.0 Å². The van der Waals surface area contributed by atoms with Gasteiger partial charge in [0.05, 0.1) is 56.4 Å². The van der Waals surface area contributed by atoms with E-state index in [9.17, 15) is 17.8 Å². The molecular weight excluding hydrogens is 852 g/mol. The topological polar surface area (TPSA) is 122 Å². The van der Waals surface area contributed by atoms with E-state index in [1.807, 2.05) is 79.8 Å². The van der Waals surface area contributed by atoms with Gasteiger partial charge in [-0.3, -0.25) is 4.90 Å². The number of nitrogens with zero attached hydrogens (tertiary/aromatic N) is 7. The molecule has 8 rings (SSSR count). The minimum Gasteiger partial charge on any atom is -0.743 e. The number of hydrogen-bond donors (Lipinski definition) is 0. The third-order valence-corrected chi connectivity index (χ3v) is 14.5. The van der Waals surface area contributed by atoms with Crippen molar-refractivity contribution >= 4 is 119 Å². The molecule has 3 aromatic carbocycles. The molecule has 2 unspecified atom stereocenters. The number of rotatable bonds is 8. The number of halogens is 4. The quantitative estimate of drug-likeness (QED) is 0.0980. The van der Waals surface area contributed by atoms with Crippen molar-refractivity contribution in [2.75, 3.05) is 18.0 Å². The molecule has 18 heteroatoms. The third-order valence-electron chi connectivity index (χ3n) is 10.7. The number of benzene rings is 3. The average Bonchev–Trinajstić information content (AvgIpc) is 3.82. The van der Waals surface area contributed by atoms with Crippen molar-refractivity contribution in [3.8, 4) is 0 Å². The zero-order chi connectivity index (χ0) is 40.6. The minimum atomic E-state index is -4.77. The van der Waals surface area contributed by atoms with Crippen LogP contribution in [0.25, 0.3) is 39.5 Å². The summed E-state index contributed by atoms with van der Waals surface area (Å²) in [5.74, 6) is 1.35. The highest BCUT2D eigenvalue weighted by atomic mass is 35.5. The van der Waals surface area contributed by atoms with Gasteiger partial charge in [-0.15, -0.1) is 5.10 Å². The minimum absolute atomic E-state index is 0.0680. The normalized spacial score (nSPS) is 20.1. The molecule has 296 valence electrons. The van der Waals surface area contributed by atoms with Crippen LogP contribution in [-0.2, 0) is 30.3 Å². The first-order valence-electron chi connectivity index (χ1n) is 18.2. The van der Waals surface area contributed by atoms with Crippen LogP contribution in [0.15, 0.2) is 80.8 Å². The van der Waals surface area contributed by atoms with Gasteiger partial charge in [0.25, 0.3) is 5.82 Å². The molecule has 12 nitrogen and oxygen atoms in total. The first-order chi connectivity index (χ1) is 27.2. The van der Waals surface area contributed by atoms with Gasteiger partial charge >= 0.3 is 5.63 Å². The molecule has 6 aromatic rings. The Morgan fingerprint density at radius 2 is 1.70 bits per heavy atom. The second-order valence-electron chi connectivity index (χ2n) is 13.6. The summed E-state index contributed by atoms with van der Waals surface area (Å²) in [5.41, 5.74) is 3.44. The van der Waals surface area contributed by atoms with Crippen molar-refractivity contribution in [1.29, 1.82) is 0 Å². The summed E-state index contributed by atoms with van der Waals surface area (Å²) in [6.45, 7) is 8.02. The van der Waals surface area contributed by atoms with Crippen LogP contribution >= 0.6 is 57.7 Å². The number of oxazole rings is 1. The zero-order valence-electron chi connectivity index (χ0n) is 31.1. The van der Waals surface area contributed by atoms with Crippen LogP contribution in [0.2, 0.25) is 20.1 Å². The largest absolute Gasteiger partial charge is 0.743 e. The van der Waals surface area contributed by atoms with E-state index < -0.39 is 21.1 Å². The summed E-state index contributed by atoms with van der Waals surface area (Å²) in [5, 5.41) is 5.16. The number of thiazole rings is 1. The van der Waals surface area contributed by atoms with Crippen molar-refractivity contribution in [3.63, 3.8) is 0 Å². The van der Waals surface area contributed by atoms with Crippen molar-refractivity contribution in [2.45, 2.75) is 45.7 Å². The highest BCUT2D eigenvalue weighted by molar-refractivity contribution is 7.86. The summed E-state index contributed by atoms with van der Waals surface area (Å²) < 4.78 is 52.4. The molecule has 0 bridgehead atoms. The van der Waals surface area contributed by atoms with E-state index in [4.69, 9.17) is 55.9 Å². The van der Waals surface area contributed by atoms with Gasteiger partial charge in [0, 0.05) is 50.0 Å². The molecule has 57 heavy (non-hydrogen) atoms. The number of aromatic nitrogens is 4. The van der Waals surface area contributed by atoms with Crippen molar-refractivity contribution in [2.24, 2.45) is 12.1 Å². The van der Waals surface area contributed by atoms with E-state index in [0.29, 0.717) is 58.2 Å². The molecular formula is C39H36Cl4N7O5S2+. The number of aryl methyl sites for hydroxylation is 3. The molecule has 1 saturated heterocycles. The molecule has 5 heterocycles. The predicted octanol–water partition coefficient (Wildman–Crippen LogP) is 6.49. The van der Waals surface area contributed by atoms with Crippen LogP contribution in [-0.4, -0.2) is 45.2 Å². The molecule has 0 amide bonds. The number of allylic oxidation sites excluding steroid dienone is 2. The maximum absolute atomic E-state index is 13.9. The Bertz CT molecular complexity index is 3040. The average molecular weight is 889 g/mol. The Hall–Kier alpha value is -4.12. The second kappa shape index (κ2) is 14.9. The summed E-state index contributed by atoms with van der Waals surface area (Å²) in [6.07, 6.45) is 8.73. The maximum atomic E-state index is 13.9. The van der Waals surface area contributed by atoms with E-state index >= 15 is 0 Å². The van der Waals surface area contributed by atoms with Gasteiger partial charge in [-0.05, 0) is 51.1 Å². The van der Waals surface area contributed by atoms with Crippen molar-refractivity contribution in [1.82, 2.24) is 18.3 Å². The molecule has 3 aromatic heterocycles. The molecule has 2 aliphatic heterocycles. The van der Waals surface area contributed by atoms with Crippen LogP contribution < -0.4 is 35.3 Å². The van der Waals surface area contributed by atoms with Crippen molar-refractivity contribution < 1.29 is 22.0 Å². The van der Waals surface area contributed by atoms with Gasteiger partial charge in [-0.25, -0.2) is 26.8 Å². The first kappa shape index (κ1) is 39.7. The number of fused-ring (bicyclic) bond motifs is 4. The second-order valence-corrected chi connectivity index (χ2v) is 17.8. The smallest absolute Gasteiger partial charge is 0.363 e. The molecule has 2 atom stereocenters. The Balaban J connectivity index is 1.36. The molecule has 0 radical (unpaired) electrons. The van der Waals surface area contributed by atoms with Crippen LogP contribution in [0.3, 0.4) is 0 Å². The lowest BCUT2D eigenvalue weighted by molar-refractivity contribution is -0.670. The van der Waals surface area contributed by atoms with Gasteiger partial charge in [0.2, 0.25) is 16.2 Å². The summed E-state index contributed by atoms with van der Waals surface area (Å²) in [6, 6.07) is 14.9. The third kappa shape index (κ3) is 6.41. The van der Waals surface area contributed by atoms with Crippen molar-refractivity contribution in [3.05, 3.63) is 119 Å². The molecule has 2 aliphatic rings. The Labute approximate surface area is 351 Å². The zero-order valence-corrected chi connectivity index (χ0v) is 35.8. The summed E-state index contributed by atoms with van der Waals surface area (Å²) in [7, 11) is -2.88. The molecule has 0 aliphatic carbocycles. The summed E-state index contributed by atoms with van der Waals surface area (Å²) in [4.78, 5) is 16.3. The van der Waals surface area contributed by atoms with Gasteiger partial charge in [-0.1, -0.05) is 69.9 Å². The van der Waals surface area contributed by atoms with Gasteiger partial charge in [0.1, 0.15) is 5.69 Å². The first-order valence-corrected chi connectivity index (χ1v) is 22.0. The number of quaternary nitrogens is 1. The van der Waals surface area contributed by atoms with Crippen LogP contribution in [0.4, 0.5) is 11.4 Å². The van der Waals surface area contributed by atoms with E-state index in [0.717, 1.165) is 27.1 Å². The van der Waals surface area contributed by atoms with E-state index in [2.05, 4.69) is 9.13 Å². The SMILES string of the molecule is CCN1C(=CC=c2c(=O)oc(=CC=Cc3n(CC)c4cc(Cl)c(Cl)cc4[n+]3CC)n2/N=c2\sc3ccccc3n2C)[N+]2(CCC2S(=O)(=O)[O-])c2cc(Cl)c(Cl)cc21. The molecule has 0 N–H and O–H groups in total. The highest BCUT2D eigenvalue weighted by Gasteiger charge is 2.61. The van der Waals surface area contributed by atoms with Gasteiger partial charge < -0.3 is 13.5 Å². The van der Waals surface area contributed by atoms with Gasteiger partial charge in [-0.2, -0.15) is 4.68 Å². The lowest BCUT2D eigenvalue weighted by Crippen LogP contribution is -2.68. The Morgan fingerprint density at radius 3 is 2.37 bits per heavy atom. The van der Waals surface area contributed by atoms with E-state index in [1.165, 1.54) is 16.0 Å². The standard InChI is InChI=1S/C39H36Cl4N7O5S2/c1-5-46-29-19-23(40)24(41)20-30(29)47(6-2)34(46)13-10-14-36-49(44-39-45(4)27-11-8-9-12-33(27)56-39)28(38(51)55-36)15-16-35-48(7-3)31-21-25(42)26(43)22-32(31)50(35)18-17-37(50)57(52,53)54/h8-16,19-22,37H,5-7,17-18H2,1-4H3/q+1/b28-15?,35-16?,44-39-. The predicted molar refractivity (Wildman–Crippen MR) is 228 cm³/mol. The highest BCUT2D eigenvalue weighted by Crippen LogP contribution is 2.56. The molecule has 0 saturated carbocycles. The lowest BCUT2D eigenvalue weighted by Gasteiger charge is -2.49. The monoisotopic (exact) mass is 886 g/mol. The fourth-order valence-corrected chi connectivity index (χ4v) is 10.8. The molecule has 1 spiro atoms. The van der Waals surface area contributed by atoms with Crippen LogP contribution in [0.5, 0.6) is 0 Å². The number of imidazole rings is 1. The van der Waals surface area contributed by atoms with Gasteiger partial charge in [0.15, 0.2) is 37.6 Å². The number of para-hydroxylation sites is 1. The Morgan fingerprint density at radius 1 is 0.982 bits per heavy atom. The fourth-order valence-electron chi connectivity index (χ4n) is 8.05. The lowest BCUT2D eigenvalue weighted by atomic mass is 10.1. The fraction of sp³-hybridized carbons (Fsp3) is 0.256. The van der Waals surface area contributed by atoms with Crippen LogP contribution in [0, 0.1) is 0 Å². The summed E-state index contributed by atoms with van der Waals surface area (Å²) >= 11 is 27.2. The van der Waals surface area contributed by atoms with E-state index in [1.54, 1.807) is 36.4 Å². The number of anilines is 1.